The summed E-state index contributed by atoms with van der Waals surface area (Å²) in [5.41, 5.74) is 7.95. The Bertz CT molecular complexity index is 753. The van der Waals surface area contributed by atoms with Crippen LogP contribution < -0.4 is 5.73 Å². The number of hydrogen-bond donors (Lipinski definition) is 1. The highest BCUT2D eigenvalue weighted by Crippen LogP contribution is 2.20. The van der Waals surface area contributed by atoms with Gasteiger partial charge in [0.05, 0.1) is 12.9 Å². The van der Waals surface area contributed by atoms with Gasteiger partial charge in [0.25, 0.3) is 0 Å². The third kappa shape index (κ3) is 2.34. The second-order valence-electron chi connectivity index (χ2n) is 4.05. The first-order valence-corrected chi connectivity index (χ1v) is 6.27. The smallest absolute Gasteiger partial charge is 0.226 e. The fraction of sp³-hybridized carbons (Fsp3) is 0.0833. The van der Waals surface area contributed by atoms with E-state index in [1.54, 1.807) is 6.33 Å². The molecule has 0 aliphatic carbocycles. The Hall–Kier alpha value is -1.85. The van der Waals surface area contributed by atoms with Gasteiger partial charge in [0.1, 0.15) is 5.52 Å². The lowest BCUT2D eigenvalue weighted by molar-refractivity contribution is 0.813. The van der Waals surface area contributed by atoms with Crippen LogP contribution in [0.25, 0.3) is 11.2 Å². The van der Waals surface area contributed by atoms with E-state index in [4.69, 9.17) is 28.9 Å². The summed E-state index contributed by atoms with van der Waals surface area (Å²) in [5, 5.41) is 0.798. The molecule has 5 nitrogen and oxygen atoms in total. The molecule has 0 saturated carbocycles. The Labute approximate surface area is 119 Å². The SMILES string of the molecule is Nc1nc(Cl)nc2c1ncn2Cc1cccc(Cl)c1. The van der Waals surface area contributed by atoms with Crippen molar-refractivity contribution in [1.82, 2.24) is 19.5 Å². The first-order valence-electron chi connectivity index (χ1n) is 5.52. The lowest BCUT2D eigenvalue weighted by Crippen LogP contribution is -2.01. The van der Waals surface area contributed by atoms with Gasteiger partial charge < -0.3 is 10.3 Å². The average Bonchev–Trinajstić information content (AvgIpc) is 2.73. The molecule has 0 unspecified atom stereocenters. The minimum absolute atomic E-state index is 0.109. The van der Waals surface area contributed by atoms with Gasteiger partial charge in [0.15, 0.2) is 11.5 Å². The van der Waals surface area contributed by atoms with E-state index in [0.29, 0.717) is 22.7 Å². The van der Waals surface area contributed by atoms with Crippen LogP contribution in [0.2, 0.25) is 10.3 Å². The van der Waals surface area contributed by atoms with Gasteiger partial charge in [0.2, 0.25) is 5.28 Å². The van der Waals surface area contributed by atoms with Gasteiger partial charge in [-0.3, -0.25) is 0 Å². The van der Waals surface area contributed by atoms with Crippen molar-refractivity contribution < 1.29 is 0 Å². The summed E-state index contributed by atoms with van der Waals surface area (Å²) in [6.07, 6.45) is 1.66. The van der Waals surface area contributed by atoms with Crippen molar-refractivity contribution in [2.45, 2.75) is 6.54 Å². The van der Waals surface area contributed by atoms with E-state index < -0.39 is 0 Å². The summed E-state index contributed by atoms with van der Waals surface area (Å²) in [7, 11) is 0. The van der Waals surface area contributed by atoms with Crippen LogP contribution in [-0.2, 0) is 6.54 Å². The summed E-state index contributed by atoms with van der Waals surface area (Å²) in [5.74, 6) is 0.278. The molecule has 2 aromatic heterocycles. The van der Waals surface area contributed by atoms with Gasteiger partial charge in [0, 0.05) is 5.02 Å². The van der Waals surface area contributed by atoms with E-state index in [0.717, 1.165) is 5.56 Å². The Morgan fingerprint density at radius 2 is 2.05 bits per heavy atom. The lowest BCUT2D eigenvalue weighted by atomic mass is 10.2. The molecule has 96 valence electrons. The number of nitrogen functional groups attached to an aromatic ring is 1. The van der Waals surface area contributed by atoms with Crippen LogP contribution in [0.15, 0.2) is 30.6 Å². The topological polar surface area (TPSA) is 69.6 Å². The Balaban J connectivity index is 2.06. The van der Waals surface area contributed by atoms with E-state index in [9.17, 15) is 0 Å². The molecule has 0 aliphatic rings. The van der Waals surface area contributed by atoms with Gasteiger partial charge >= 0.3 is 0 Å². The molecule has 0 spiro atoms. The number of halogens is 2. The Morgan fingerprint density at radius 3 is 2.84 bits per heavy atom. The molecule has 0 saturated heterocycles. The van der Waals surface area contributed by atoms with Crippen molar-refractivity contribution in [2.75, 3.05) is 5.73 Å². The fourth-order valence-corrected chi connectivity index (χ4v) is 2.27. The van der Waals surface area contributed by atoms with Crippen molar-refractivity contribution in [2.24, 2.45) is 0 Å². The molecule has 0 bridgehead atoms. The largest absolute Gasteiger partial charge is 0.382 e. The van der Waals surface area contributed by atoms with Crippen LogP contribution >= 0.6 is 23.2 Å². The number of nitrogens with zero attached hydrogens (tertiary/aromatic N) is 4. The second-order valence-corrected chi connectivity index (χ2v) is 4.83. The van der Waals surface area contributed by atoms with Crippen LogP contribution in [0.3, 0.4) is 0 Å². The molecule has 0 radical (unpaired) electrons. The van der Waals surface area contributed by atoms with Crippen molar-refractivity contribution in [3.63, 3.8) is 0 Å². The predicted molar refractivity (Wildman–Crippen MR) is 75.3 cm³/mol. The summed E-state index contributed by atoms with van der Waals surface area (Å²) >= 11 is 11.8. The van der Waals surface area contributed by atoms with E-state index in [-0.39, 0.29) is 11.1 Å². The van der Waals surface area contributed by atoms with E-state index in [2.05, 4.69) is 15.0 Å². The second kappa shape index (κ2) is 4.68. The van der Waals surface area contributed by atoms with E-state index in [1.165, 1.54) is 0 Å². The molecular weight excluding hydrogens is 285 g/mol. The van der Waals surface area contributed by atoms with Gasteiger partial charge in [-0.05, 0) is 29.3 Å². The van der Waals surface area contributed by atoms with Crippen LogP contribution in [0.5, 0.6) is 0 Å². The van der Waals surface area contributed by atoms with Gasteiger partial charge in [-0.15, -0.1) is 0 Å². The Kier molecular flexibility index (Phi) is 3.00. The minimum atomic E-state index is 0.109. The zero-order chi connectivity index (χ0) is 13.4. The molecule has 3 aromatic rings. The Morgan fingerprint density at radius 1 is 1.21 bits per heavy atom. The highest BCUT2D eigenvalue weighted by atomic mass is 35.5. The summed E-state index contributed by atoms with van der Waals surface area (Å²) in [6, 6.07) is 7.59. The monoisotopic (exact) mass is 293 g/mol. The highest BCUT2D eigenvalue weighted by molar-refractivity contribution is 6.30. The number of benzene rings is 1. The number of nitrogens with two attached hydrogens (primary N) is 1. The van der Waals surface area contributed by atoms with Crippen LogP contribution in [0.1, 0.15) is 5.56 Å². The molecular formula is C12H9Cl2N5. The summed E-state index contributed by atoms with van der Waals surface area (Å²) in [6.45, 7) is 0.587. The first-order chi connectivity index (χ1) is 9.13. The number of hydrogen-bond acceptors (Lipinski definition) is 4. The van der Waals surface area contributed by atoms with Crippen LogP contribution in [0, 0.1) is 0 Å². The zero-order valence-electron chi connectivity index (χ0n) is 9.72. The number of fused-ring (bicyclic) bond motifs is 1. The van der Waals surface area contributed by atoms with E-state index in [1.807, 2.05) is 28.8 Å². The van der Waals surface area contributed by atoms with Gasteiger partial charge in [-0.1, -0.05) is 23.7 Å². The van der Waals surface area contributed by atoms with Crippen molar-refractivity contribution in [3.8, 4) is 0 Å². The van der Waals surface area contributed by atoms with Gasteiger partial charge in [-0.25, -0.2) is 4.98 Å². The minimum Gasteiger partial charge on any atom is -0.382 e. The third-order valence-electron chi connectivity index (χ3n) is 2.71. The number of imidazole rings is 1. The maximum Gasteiger partial charge on any atom is 0.226 e. The standard InChI is InChI=1S/C12H9Cl2N5/c13-8-3-1-2-7(4-8)5-19-6-16-9-10(15)17-12(14)18-11(9)19/h1-4,6H,5H2,(H2,15,17,18). The summed E-state index contributed by atoms with van der Waals surface area (Å²) < 4.78 is 1.85. The third-order valence-corrected chi connectivity index (χ3v) is 3.11. The normalized spacial score (nSPS) is 11.1. The fourth-order valence-electron chi connectivity index (χ4n) is 1.89. The molecule has 0 aliphatic heterocycles. The number of aromatic nitrogens is 4. The maximum absolute atomic E-state index is 5.96. The molecule has 7 heteroatoms. The van der Waals surface area contributed by atoms with Gasteiger partial charge in [-0.2, -0.15) is 9.97 Å². The molecule has 1 aromatic carbocycles. The lowest BCUT2D eigenvalue weighted by Gasteiger charge is -2.04. The molecule has 2 heterocycles. The summed E-state index contributed by atoms with van der Waals surface area (Å²) in [4.78, 5) is 12.2. The molecule has 3 rings (SSSR count). The van der Waals surface area contributed by atoms with E-state index >= 15 is 0 Å². The highest BCUT2D eigenvalue weighted by Gasteiger charge is 2.10. The van der Waals surface area contributed by atoms with Crippen molar-refractivity contribution in [1.29, 1.82) is 0 Å². The predicted octanol–water partition coefficient (Wildman–Crippen LogP) is 2.76. The molecule has 2 N–H and O–H groups in total. The molecule has 0 amide bonds. The maximum atomic E-state index is 5.96. The molecule has 19 heavy (non-hydrogen) atoms. The molecule has 0 atom stereocenters. The zero-order valence-corrected chi connectivity index (χ0v) is 11.2. The van der Waals surface area contributed by atoms with Crippen LogP contribution in [0.4, 0.5) is 5.82 Å². The quantitative estimate of drug-likeness (QED) is 0.738. The number of rotatable bonds is 2. The molecule has 0 fully saturated rings. The van der Waals surface area contributed by atoms with Crippen molar-refractivity contribution >= 4 is 40.2 Å². The van der Waals surface area contributed by atoms with Crippen molar-refractivity contribution in [3.05, 3.63) is 46.5 Å². The van der Waals surface area contributed by atoms with Crippen LogP contribution in [-0.4, -0.2) is 19.5 Å². The number of anilines is 1. The average molecular weight is 294 g/mol. The first kappa shape index (κ1) is 12.2.